The van der Waals surface area contributed by atoms with Crippen molar-refractivity contribution in [2.24, 2.45) is 0 Å². The fraction of sp³-hybridized carbons (Fsp3) is 0.368. The Labute approximate surface area is 128 Å². The summed E-state index contributed by atoms with van der Waals surface area (Å²) >= 11 is 0. The normalized spacial score (nSPS) is 11.4. The highest BCUT2D eigenvalue weighted by Gasteiger charge is 2.11. The van der Waals surface area contributed by atoms with Gasteiger partial charge in [-0.15, -0.1) is 0 Å². The summed E-state index contributed by atoms with van der Waals surface area (Å²) in [5.74, 6) is 1.80. The van der Waals surface area contributed by atoms with E-state index < -0.39 is 0 Å². The molecule has 0 bridgehead atoms. The van der Waals surface area contributed by atoms with Crippen LogP contribution in [0.5, 0.6) is 11.5 Å². The van der Waals surface area contributed by atoms with Crippen molar-refractivity contribution in [2.45, 2.75) is 46.2 Å². The van der Waals surface area contributed by atoms with Crippen LogP contribution in [0.3, 0.4) is 0 Å². The van der Waals surface area contributed by atoms with Gasteiger partial charge in [0.15, 0.2) is 0 Å². The van der Waals surface area contributed by atoms with E-state index in [2.05, 4.69) is 51.2 Å². The number of nitrogens with one attached hydrogen (secondary N) is 1. The first-order valence-corrected chi connectivity index (χ1v) is 7.57. The van der Waals surface area contributed by atoms with Crippen LogP contribution in [0, 0.1) is 0 Å². The van der Waals surface area contributed by atoms with Crippen molar-refractivity contribution in [3.63, 3.8) is 0 Å². The third-order valence-electron chi connectivity index (χ3n) is 3.34. The van der Waals surface area contributed by atoms with E-state index in [9.17, 15) is 0 Å². The molecule has 0 radical (unpaired) electrons. The van der Waals surface area contributed by atoms with Gasteiger partial charge in [-0.1, -0.05) is 37.3 Å². The molecule has 2 rings (SSSR count). The van der Waals surface area contributed by atoms with E-state index in [1.54, 1.807) is 0 Å². The molecule has 21 heavy (non-hydrogen) atoms. The Morgan fingerprint density at radius 2 is 1.62 bits per heavy atom. The minimum Gasteiger partial charge on any atom is -0.457 e. The number of para-hydroxylation sites is 1. The number of hydrogen-bond donors (Lipinski definition) is 1. The van der Waals surface area contributed by atoms with Crippen molar-refractivity contribution < 1.29 is 4.74 Å². The van der Waals surface area contributed by atoms with Gasteiger partial charge in [-0.3, -0.25) is 0 Å². The molecule has 0 amide bonds. The second kappa shape index (κ2) is 6.77. The second-order valence-electron chi connectivity index (χ2n) is 6.31. The van der Waals surface area contributed by atoms with E-state index in [4.69, 9.17) is 4.74 Å². The summed E-state index contributed by atoms with van der Waals surface area (Å²) in [7, 11) is 0. The molecule has 0 fully saturated rings. The lowest BCUT2D eigenvalue weighted by atomic mass is 10.1. The molecule has 2 nitrogen and oxygen atoms in total. The van der Waals surface area contributed by atoms with Gasteiger partial charge in [0.05, 0.1) is 0 Å². The van der Waals surface area contributed by atoms with Crippen molar-refractivity contribution in [1.82, 2.24) is 5.32 Å². The zero-order valence-corrected chi connectivity index (χ0v) is 13.4. The number of benzene rings is 2. The molecule has 0 unspecified atom stereocenters. The summed E-state index contributed by atoms with van der Waals surface area (Å²) in [6, 6.07) is 16.5. The van der Waals surface area contributed by atoms with Crippen LogP contribution in [-0.4, -0.2) is 5.54 Å². The molecule has 0 aliphatic carbocycles. The SMILES string of the molecule is CCc1ccc(Oc2ccccc2CNC(C)(C)C)cc1. The Morgan fingerprint density at radius 3 is 2.24 bits per heavy atom. The summed E-state index contributed by atoms with van der Waals surface area (Å²) in [6.07, 6.45) is 1.05. The van der Waals surface area contributed by atoms with Gasteiger partial charge in [-0.05, 0) is 51.0 Å². The fourth-order valence-corrected chi connectivity index (χ4v) is 2.03. The molecule has 2 aromatic rings. The van der Waals surface area contributed by atoms with E-state index in [1.165, 1.54) is 11.1 Å². The zero-order valence-electron chi connectivity index (χ0n) is 13.4. The van der Waals surface area contributed by atoms with Gasteiger partial charge in [-0.25, -0.2) is 0 Å². The highest BCUT2D eigenvalue weighted by Crippen LogP contribution is 2.26. The summed E-state index contributed by atoms with van der Waals surface area (Å²) in [5.41, 5.74) is 2.59. The molecule has 1 N–H and O–H groups in total. The van der Waals surface area contributed by atoms with Gasteiger partial charge in [0, 0.05) is 17.6 Å². The molecule has 0 heterocycles. The van der Waals surface area contributed by atoms with Gasteiger partial charge in [0.1, 0.15) is 11.5 Å². The minimum absolute atomic E-state index is 0.0931. The van der Waals surface area contributed by atoms with Crippen LogP contribution in [0.1, 0.15) is 38.8 Å². The van der Waals surface area contributed by atoms with Crippen LogP contribution in [0.25, 0.3) is 0 Å². The van der Waals surface area contributed by atoms with Gasteiger partial charge in [-0.2, -0.15) is 0 Å². The number of hydrogen-bond acceptors (Lipinski definition) is 2. The third-order valence-corrected chi connectivity index (χ3v) is 3.34. The lowest BCUT2D eigenvalue weighted by molar-refractivity contribution is 0.414. The molecular formula is C19H25NO. The summed E-state index contributed by atoms with van der Waals surface area (Å²) in [5, 5.41) is 3.50. The monoisotopic (exact) mass is 283 g/mol. The van der Waals surface area contributed by atoms with E-state index in [0.29, 0.717) is 0 Å². The van der Waals surface area contributed by atoms with Crippen LogP contribution in [-0.2, 0) is 13.0 Å². The van der Waals surface area contributed by atoms with Crippen molar-refractivity contribution >= 4 is 0 Å². The lowest BCUT2D eigenvalue weighted by Crippen LogP contribution is -2.35. The van der Waals surface area contributed by atoms with Crippen molar-refractivity contribution in [2.75, 3.05) is 0 Å². The summed E-state index contributed by atoms with van der Waals surface area (Å²) in [6.45, 7) is 9.45. The maximum Gasteiger partial charge on any atom is 0.131 e. The minimum atomic E-state index is 0.0931. The van der Waals surface area contributed by atoms with Crippen molar-refractivity contribution in [3.8, 4) is 11.5 Å². The Hall–Kier alpha value is -1.80. The maximum atomic E-state index is 6.03. The zero-order chi connectivity index (χ0) is 15.3. The van der Waals surface area contributed by atoms with Crippen LogP contribution in [0.2, 0.25) is 0 Å². The fourth-order valence-electron chi connectivity index (χ4n) is 2.03. The molecule has 0 saturated heterocycles. The molecule has 0 aliphatic heterocycles. The molecule has 0 saturated carbocycles. The number of rotatable bonds is 5. The maximum absolute atomic E-state index is 6.03. The smallest absolute Gasteiger partial charge is 0.131 e. The summed E-state index contributed by atoms with van der Waals surface area (Å²) in [4.78, 5) is 0. The van der Waals surface area contributed by atoms with E-state index in [-0.39, 0.29) is 5.54 Å². The van der Waals surface area contributed by atoms with Crippen molar-refractivity contribution in [3.05, 3.63) is 59.7 Å². The van der Waals surface area contributed by atoms with Crippen molar-refractivity contribution in [1.29, 1.82) is 0 Å². The molecule has 0 aliphatic rings. The molecule has 0 spiro atoms. The first-order chi connectivity index (χ1) is 9.98. The number of ether oxygens (including phenoxy) is 1. The average Bonchev–Trinajstić information content (AvgIpc) is 2.46. The predicted molar refractivity (Wildman–Crippen MR) is 88.9 cm³/mol. The molecule has 0 aromatic heterocycles. The lowest BCUT2D eigenvalue weighted by Gasteiger charge is -2.21. The topological polar surface area (TPSA) is 21.3 Å². The van der Waals surface area contributed by atoms with Crippen LogP contribution < -0.4 is 10.1 Å². The van der Waals surface area contributed by atoms with Gasteiger partial charge >= 0.3 is 0 Å². The van der Waals surface area contributed by atoms with Gasteiger partial charge in [0.25, 0.3) is 0 Å². The van der Waals surface area contributed by atoms with E-state index in [0.717, 1.165) is 24.5 Å². The highest BCUT2D eigenvalue weighted by atomic mass is 16.5. The standard InChI is InChI=1S/C19H25NO/c1-5-15-10-12-17(13-11-15)21-18-9-7-6-8-16(18)14-20-19(2,3)4/h6-13,20H,5,14H2,1-4H3. The van der Waals surface area contributed by atoms with E-state index >= 15 is 0 Å². The summed E-state index contributed by atoms with van der Waals surface area (Å²) < 4.78 is 6.03. The van der Waals surface area contributed by atoms with Gasteiger partial charge in [0.2, 0.25) is 0 Å². The Morgan fingerprint density at radius 1 is 0.952 bits per heavy atom. The van der Waals surface area contributed by atoms with Gasteiger partial charge < -0.3 is 10.1 Å². The largest absolute Gasteiger partial charge is 0.457 e. The molecular weight excluding hydrogens is 258 g/mol. The Balaban J connectivity index is 2.11. The quantitative estimate of drug-likeness (QED) is 0.840. The van der Waals surface area contributed by atoms with Crippen LogP contribution in [0.4, 0.5) is 0 Å². The molecule has 2 heteroatoms. The molecule has 112 valence electrons. The first-order valence-electron chi connectivity index (χ1n) is 7.57. The number of aryl methyl sites for hydroxylation is 1. The average molecular weight is 283 g/mol. The molecule has 0 atom stereocenters. The van der Waals surface area contributed by atoms with E-state index in [1.807, 2.05) is 30.3 Å². The molecule has 2 aromatic carbocycles. The second-order valence-corrected chi connectivity index (χ2v) is 6.31. The van der Waals surface area contributed by atoms with Crippen LogP contribution in [0.15, 0.2) is 48.5 Å². The van der Waals surface area contributed by atoms with Crippen LogP contribution >= 0.6 is 0 Å². The Bertz CT molecular complexity index is 567. The predicted octanol–water partition coefficient (Wildman–Crippen LogP) is 4.93. The third kappa shape index (κ3) is 4.91. The first kappa shape index (κ1) is 15.6. The highest BCUT2D eigenvalue weighted by molar-refractivity contribution is 5.38. The Kier molecular flexibility index (Phi) is 5.03.